The van der Waals surface area contributed by atoms with Crippen LogP contribution in [0.2, 0.25) is 0 Å². The number of carbonyl (C=O) groups is 1. The van der Waals surface area contributed by atoms with Crippen LogP contribution in [-0.4, -0.2) is 36.5 Å². The number of ether oxygens (including phenoxy) is 1. The van der Waals surface area contributed by atoms with Gasteiger partial charge in [0.1, 0.15) is 18.2 Å². The van der Waals surface area contributed by atoms with Crippen molar-refractivity contribution < 1.29 is 19.2 Å². The van der Waals surface area contributed by atoms with E-state index in [0.29, 0.717) is 41.5 Å². The highest BCUT2D eigenvalue weighted by atomic mass is 16.5. The number of hydrogen-bond donors (Lipinski definition) is 5. The van der Waals surface area contributed by atoms with Crippen molar-refractivity contribution in [1.29, 1.82) is 0 Å². The number of nitrogens with zero attached hydrogens (tertiary/aromatic N) is 4. The van der Waals surface area contributed by atoms with Crippen molar-refractivity contribution >= 4 is 29.4 Å². The van der Waals surface area contributed by atoms with Crippen LogP contribution < -0.4 is 20.7 Å². The van der Waals surface area contributed by atoms with Crippen LogP contribution in [0.3, 0.4) is 0 Å². The number of benzene rings is 1. The number of amides is 1. The molecule has 164 valence electrons. The molecule has 0 bridgehead atoms. The van der Waals surface area contributed by atoms with E-state index in [0.717, 1.165) is 11.3 Å². The van der Waals surface area contributed by atoms with Crippen LogP contribution in [0.4, 0.5) is 28.1 Å². The number of hydrogen-bond acceptors (Lipinski definition) is 9. The van der Waals surface area contributed by atoms with Gasteiger partial charge in [0.25, 0.3) is 0 Å². The number of H-pyrrole nitrogens is 1. The van der Waals surface area contributed by atoms with Crippen molar-refractivity contribution in [1.82, 2.24) is 25.3 Å². The SMILES string of the molecule is Cc1cc(CNc2nccc(Nc3cc(OCc4cccc(NC(=O)O)c4)n[nH]3)n2)on1. The number of anilines is 4. The zero-order valence-corrected chi connectivity index (χ0v) is 17.0. The summed E-state index contributed by atoms with van der Waals surface area (Å²) in [5.74, 6) is 2.62. The largest absolute Gasteiger partial charge is 0.472 e. The maximum atomic E-state index is 10.8. The number of nitrogens with one attached hydrogen (secondary N) is 4. The number of carboxylic acid groups (broad SMARTS) is 1. The minimum atomic E-state index is -1.12. The van der Waals surface area contributed by atoms with Gasteiger partial charge in [-0.2, -0.15) is 4.98 Å². The summed E-state index contributed by atoms with van der Waals surface area (Å²) in [4.78, 5) is 19.3. The minimum Gasteiger partial charge on any atom is -0.472 e. The van der Waals surface area contributed by atoms with Gasteiger partial charge in [0, 0.05) is 24.0 Å². The Kier molecular flexibility index (Phi) is 6.11. The predicted octanol–water partition coefficient (Wildman–Crippen LogP) is 3.52. The van der Waals surface area contributed by atoms with E-state index >= 15 is 0 Å². The molecule has 0 atom stereocenters. The Bertz CT molecular complexity index is 1210. The fourth-order valence-electron chi connectivity index (χ4n) is 2.78. The Morgan fingerprint density at radius 3 is 2.97 bits per heavy atom. The van der Waals surface area contributed by atoms with Crippen molar-refractivity contribution in [3.05, 3.63) is 65.7 Å². The molecule has 0 unspecified atom stereocenters. The van der Waals surface area contributed by atoms with Gasteiger partial charge >= 0.3 is 6.09 Å². The Hall–Kier alpha value is -4.61. The highest BCUT2D eigenvalue weighted by molar-refractivity contribution is 5.82. The van der Waals surface area contributed by atoms with Gasteiger partial charge in [0.2, 0.25) is 11.8 Å². The van der Waals surface area contributed by atoms with E-state index < -0.39 is 6.09 Å². The van der Waals surface area contributed by atoms with E-state index in [2.05, 4.69) is 41.3 Å². The number of aryl methyl sites for hydroxylation is 1. The molecule has 0 saturated carbocycles. The molecule has 0 saturated heterocycles. The summed E-state index contributed by atoms with van der Waals surface area (Å²) in [7, 11) is 0. The molecule has 3 heterocycles. The van der Waals surface area contributed by atoms with Gasteiger partial charge in [-0.25, -0.2) is 9.78 Å². The van der Waals surface area contributed by atoms with E-state index in [-0.39, 0.29) is 6.61 Å². The Labute approximate surface area is 182 Å². The van der Waals surface area contributed by atoms with E-state index in [1.807, 2.05) is 19.1 Å². The van der Waals surface area contributed by atoms with Crippen LogP contribution in [0.15, 0.2) is 53.2 Å². The summed E-state index contributed by atoms with van der Waals surface area (Å²) < 4.78 is 10.8. The molecular weight excluding hydrogens is 416 g/mol. The lowest BCUT2D eigenvalue weighted by Crippen LogP contribution is -2.07. The van der Waals surface area contributed by atoms with E-state index in [9.17, 15) is 4.79 Å². The molecule has 0 radical (unpaired) electrons. The molecule has 12 heteroatoms. The second kappa shape index (κ2) is 9.47. The number of aromatic nitrogens is 5. The molecule has 0 spiro atoms. The van der Waals surface area contributed by atoms with Crippen molar-refractivity contribution in [2.24, 2.45) is 0 Å². The van der Waals surface area contributed by atoms with Crippen LogP contribution in [0.1, 0.15) is 17.0 Å². The molecule has 4 aromatic rings. The summed E-state index contributed by atoms with van der Waals surface area (Å²) in [5, 5.41) is 28.0. The highest BCUT2D eigenvalue weighted by Gasteiger charge is 2.07. The molecule has 5 N–H and O–H groups in total. The first-order valence-electron chi connectivity index (χ1n) is 9.57. The maximum Gasteiger partial charge on any atom is 0.409 e. The Balaban J connectivity index is 1.31. The standard InChI is InChI=1S/C20H20N8O4/c1-12-7-15(32-28-12)10-22-19-21-6-5-16(25-19)24-17-9-18(27-26-17)31-11-13-3-2-4-14(8-13)23-20(29)30/h2-9,23H,10-11H2,1H3,(H,29,30)(H3,21,22,24,25,26,27). The molecule has 0 fully saturated rings. The summed E-state index contributed by atoms with van der Waals surface area (Å²) >= 11 is 0. The predicted molar refractivity (Wildman–Crippen MR) is 115 cm³/mol. The van der Waals surface area contributed by atoms with Gasteiger partial charge in [0.15, 0.2) is 5.76 Å². The van der Waals surface area contributed by atoms with Crippen LogP contribution >= 0.6 is 0 Å². The van der Waals surface area contributed by atoms with Crippen LogP contribution in [0, 0.1) is 6.92 Å². The lowest BCUT2D eigenvalue weighted by Gasteiger charge is -2.06. The van der Waals surface area contributed by atoms with Gasteiger partial charge in [-0.3, -0.25) is 10.4 Å². The third kappa shape index (κ3) is 5.72. The molecule has 12 nitrogen and oxygen atoms in total. The van der Waals surface area contributed by atoms with Crippen LogP contribution in [0.5, 0.6) is 5.88 Å². The zero-order valence-electron chi connectivity index (χ0n) is 17.0. The van der Waals surface area contributed by atoms with E-state index in [4.69, 9.17) is 14.4 Å². The van der Waals surface area contributed by atoms with Crippen molar-refractivity contribution in [2.45, 2.75) is 20.1 Å². The van der Waals surface area contributed by atoms with E-state index in [1.165, 1.54) is 0 Å². The molecular formula is C20H20N8O4. The normalized spacial score (nSPS) is 10.5. The molecule has 3 aromatic heterocycles. The van der Waals surface area contributed by atoms with Crippen molar-refractivity contribution in [2.75, 3.05) is 16.0 Å². The highest BCUT2D eigenvalue weighted by Crippen LogP contribution is 2.19. The minimum absolute atomic E-state index is 0.224. The van der Waals surface area contributed by atoms with Gasteiger partial charge in [-0.05, 0) is 30.7 Å². The van der Waals surface area contributed by atoms with Gasteiger partial charge < -0.3 is 25.0 Å². The third-order valence-electron chi connectivity index (χ3n) is 4.14. The third-order valence-corrected chi connectivity index (χ3v) is 4.14. The lowest BCUT2D eigenvalue weighted by molar-refractivity contribution is 0.209. The number of rotatable bonds is 9. The van der Waals surface area contributed by atoms with Crippen molar-refractivity contribution in [3.8, 4) is 5.88 Å². The molecule has 1 amide bonds. The molecule has 0 aliphatic carbocycles. The van der Waals surface area contributed by atoms with Gasteiger partial charge in [0.05, 0.1) is 12.2 Å². The maximum absolute atomic E-state index is 10.8. The van der Waals surface area contributed by atoms with Gasteiger partial charge in [-0.1, -0.05) is 17.3 Å². The second-order valence-electron chi connectivity index (χ2n) is 6.72. The zero-order chi connectivity index (χ0) is 22.3. The first kappa shape index (κ1) is 20.7. The monoisotopic (exact) mass is 436 g/mol. The smallest absolute Gasteiger partial charge is 0.409 e. The summed E-state index contributed by atoms with van der Waals surface area (Å²) in [6, 6.07) is 12.2. The first-order valence-corrected chi connectivity index (χ1v) is 9.57. The van der Waals surface area contributed by atoms with Crippen LogP contribution in [0.25, 0.3) is 0 Å². The molecule has 0 aliphatic rings. The summed E-state index contributed by atoms with van der Waals surface area (Å²) in [5.41, 5.74) is 2.07. The molecule has 4 rings (SSSR count). The van der Waals surface area contributed by atoms with E-state index in [1.54, 1.807) is 36.5 Å². The molecule has 0 aliphatic heterocycles. The fraction of sp³-hybridized carbons (Fsp3) is 0.150. The average Bonchev–Trinajstić information content (AvgIpc) is 3.39. The first-order chi connectivity index (χ1) is 15.5. The summed E-state index contributed by atoms with van der Waals surface area (Å²) in [6.07, 6.45) is 0.497. The van der Waals surface area contributed by atoms with Crippen molar-refractivity contribution in [3.63, 3.8) is 0 Å². The lowest BCUT2D eigenvalue weighted by atomic mass is 10.2. The summed E-state index contributed by atoms with van der Waals surface area (Å²) in [6.45, 7) is 2.49. The second-order valence-corrected chi connectivity index (χ2v) is 6.72. The van der Waals surface area contributed by atoms with Crippen LogP contribution in [-0.2, 0) is 13.2 Å². The molecule has 1 aromatic carbocycles. The molecule has 32 heavy (non-hydrogen) atoms. The number of aromatic amines is 1. The quantitative estimate of drug-likeness (QED) is 0.262. The Morgan fingerprint density at radius 1 is 1.25 bits per heavy atom. The van der Waals surface area contributed by atoms with Gasteiger partial charge in [-0.15, -0.1) is 5.10 Å². The Morgan fingerprint density at radius 2 is 2.16 bits per heavy atom. The topological polar surface area (TPSA) is 163 Å². The average molecular weight is 436 g/mol. The fourth-order valence-corrected chi connectivity index (χ4v) is 2.78.